The Morgan fingerprint density at radius 3 is 2.67 bits per heavy atom. The Labute approximate surface area is 98.8 Å². The number of halogens is 1. The van der Waals surface area contributed by atoms with Gasteiger partial charge in [0.15, 0.2) is 0 Å². The van der Waals surface area contributed by atoms with Crippen LogP contribution in [0, 0.1) is 6.92 Å². The summed E-state index contributed by atoms with van der Waals surface area (Å²) < 4.78 is 0.846. The maximum absolute atomic E-state index is 9.56. The summed E-state index contributed by atoms with van der Waals surface area (Å²) in [5.74, 6) is 0.980. The van der Waals surface area contributed by atoms with Gasteiger partial charge in [0.05, 0.1) is 4.47 Å². The number of phenols is 1. The highest BCUT2D eigenvalue weighted by Crippen LogP contribution is 2.35. The largest absolute Gasteiger partial charge is 0.507 e. The van der Waals surface area contributed by atoms with Crippen molar-refractivity contribution in [1.82, 2.24) is 5.32 Å². The van der Waals surface area contributed by atoms with Gasteiger partial charge in [-0.2, -0.15) is 0 Å². The minimum atomic E-state index is 0.338. The molecule has 0 saturated carbocycles. The lowest BCUT2D eigenvalue weighted by molar-refractivity contribution is 0.454. The van der Waals surface area contributed by atoms with Crippen LogP contribution in [0.4, 0.5) is 0 Å². The van der Waals surface area contributed by atoms with E-state index in [9.17, 15) is 5.11 Å². The minimum absolute atomic E-state index is 0.338. The van der Waals surface area contributed by atoms with Gasteiger partial charge in [-0.25, -0.2) is 0 Å². The van der Waals surface area contributed by atoms with Crippen LogP contribution < -0.4 is 5.32 Å². The summed E-state index contributed by atoms with van der Waals surface area (Å²) in [7, 11) is 0. The van der Waals surface area contributed by atoms with Crippen molar-refractivity contribution >= 4 is 15.9 Å². The number of aromatic hydroxyl groups is 1. The van der Waals surface area contributed by atoms with Crippen molar-refractivity contribution in [3.63, 3.8) is 0 Å². The van der Waals surface area contributed by atoms with E-state index < -0.39 is 0 Å². The second-order valence-corrected chi connectivity index (χ2v) is 4.93. The Kier molecular flexibility index (Phi) is 3.32. The molecule has 3 heteroatoms. The number of benzene rings is 1. The fourth-order valence-electron chi connectivity index (χ4n) is 2.26. The molecule has 1 aliphatic rings. The molecule has 0 radical (unpaired) electrons. The van der Waals surface area contributed by atoms with Gasteiger partial charge in [0.1, 0.15) is 5.75 Å². The molecule has 1 fully saturated rings. The third kappa shape index (κ3) is 2.18. The first-order valence-electron chi connectivity index (χ1n) is 5.39. The Hall–Kier alpha value is -0.540. The highest BCUT2D eigenvalue weighted by molar-refractivity contribution is 9.10. The van der Waals surface area contributed by atoms with Gasteiger partial charge >= 0.3 is 0 Å². The predicted molar refractivity (Wildman–Crippen MR) is 65.4 cm³/mol. The number of hydrogen-bond acceptors (Lipinski definition) is 2. The van der Waals surface area contributed by atoms with Crippen LogP contribution >= 0.6 is 15.9 Å². The molecule has 2 nitrogen and oxygen atoms in total. The van der Waals surface area contributed by atoms with Crippen LogP contribution in [-0.2, 0) is 0 Å². The minimum Gasteiger partial charge on any atom is -0.507 e. The van der Waals surface area contributed by atoms with Gasteiger partial charge < -0.3 is 10.4 Å². The molecule has 0 spiro atoms. The van der Waals surface area contributed by atoms with Gasteiger partial charge in [-0.05, 0) is 71.9 Å². The number of nitrogens with one attached hydrogen (secondary N) is 1. The molecule has 1 aliphatic heterocycles. The number of phenolic OH excluding ortho intramolecular Hbond substituents is 1. The van der Waals surface area contributed by atoms with Crippen molar-refractivity contribution in [2.45, 2.75) is 25.7 Å². The summed E-state index contributed by atoms with van der Waals surface area (Å²) in [6.45, 7) is 4.27. The lowest BCUT2D eigenvalue weighted by Crippen LogP contribution is -2.26. The van der Waals surface area contributed by atoms with Gasteiger partial charge in [0.2, 0.25) is 0 Å². The smallest absolute Gasteiger partial charge is 0.130 e. The molecule has 0 amide bonds. The van der Waals surface area contributed by atoms with Crippen LogP contribution in [0.3, 0.4) is 0 Å². The maximum Gasteiger partial charge on any atom is 0.130 e. The Morgan fingerprint density at radius 1 is 1.33 bits per heavy atom. The maximum atomic E-state index is 9.56. The second kappa shape index (κ2) is 4.54. The van der Waals surface area contributed by atoms with E-state index in [2.05, 4.69) is 34.2 Å². The van der Waals surface area contributed by atoms with Crippen LogP contribution in [0.25, 0.3) is 0 Å². The molecule has 0 bridgehead atoms. The average molecular weight is 270 g/mol. The molecule has 1 aromatic rings. The molecular weight excluding hydrogens is 254 g/mol. The van der Waals surface area contributed by atoms with E-state index in [1.165, 1.54) is 24.0 Å². The normalized spacial score (nSPS) is 18.0. The van der Waals surface area contributed by atoms with E-state index in [1.54, 1.807) is 6.07 Å². The van der Waals surface area contributed by atoms with Gasteiger partial charge in [-0.15, -0.1) is 0 Å². The first-order chi connectivity index (χ1) is 7.20. The van der Waals surface area contributed by atoms with Crippen molar-refractivity contribution in [2.24, 2.45) is 0 Å². The fourth-order valence-corrected chi connectivity index (χ4v) is 2.62. The second-order valence-electron chi connectivity index (χ2n) is 4.14. The predicted octanol–water partition coefficient (Wildman–Crippen LogP) is 2.93. The highest BCUT2D eigenvalue weighted by atomic mass is 79.9. The standard InChI is InChI=1S/C12H16BrNO/c1-8-10(2-3-11(15)12(8)13)9-4-6-14-7-5-9/h2-3,9,14-15H,4-7H2,1H3. The van der Waals surface area contributed by atoms with E-state index in [1.807, 2.05) is 0 Å². The topological polar surface area (TPSA) is 32.3 Å². The molecular formula is C12H16BrNO. The van der Waals surface area contributed by atoms with Gasteiger partial charge in [0, 0.05) is 0 Å². The SMILES string of the molecule is Cc1c(C2CCNCC2)ccc(O)c1Br. The van der Waals surface area contributed by atoms with Gasteiger partial charge in [-0.1, -0.05) is 6.07 Å². The van der Waals surface area contributed by atoms with Gasteiger partial charge in [0.25, 0.3) is 0 Å². The zero-order valence-corrected chi connectivity index (χ0v) is 10.5. The summed E-state index contributed by atoms with van der Waals surface area (Å²) in [5.41, 5.74) is 2.56. The highest BCUT2D eigenvalue weighted by Gasteiger charge is 2.18. The third-order valence-corrected chi connectivity index (χ3v) is 4.19. The summed E-state index contributed by atoms with van der Waals surface area (Å²) in [6, 6.07) is 3.85. The lowest BCUT2D eigenvalue weighted by Gasteiger charge is -2.25. The van der Waals surface area contributed by atoms with Crippen molar-refractivity contribution in [1.29, 1.82) is 0 Å². The monoisotopic (exact) mass is 269 g/mol. The zero-order chi connectivity index (χ0) is 10.8. The summed E-state index contributed by atoms with van der Waals surface area (Å²) in [4.78, 5) is 0. The van der Waals surface area contributed by atoms with Crippen LogP contribution in [0.5, 0.6) is 5.75 Å². The summed E-state index contributed by atoms with van der Waals surface area (Å²) in [6.07, 6.45) is 2.39. The summed E-state index contributed by atoms with van der Waals surface area (Å²) in [5, 5.41) is 12.9. The number of piperidine rings is 1. The van der Waals surface area contributed by atoms with Gasteiger partial charge in [-0.3, -0.25) is 0 Å². The molecule has 0 aromatic heterocycles. The number of hydrogen-bond donors (Lipinski definition) is 2. The van der Waals surface area contributed by atoms with Crippen molar-refractivity contribution in [2.75, 3.05) is 13.1 Å². The molecule has 1 saturated heterocycles. The van der Waals surface area contributed by atoms with Crippen molar-refractivity contribution < 1.29 is 5.11 Å². The van der Waals surface area contributed by atoms with E-state index in [0.717, 1.165) is 17.6 Å². The van der Waals surface area contributed by atoms with Crippen LogP contribution in [0.1, 0.15) is 29.9 Å². The molecule has 82 valence electrons. The molecule has 1 aromatic carbocycles. The van der Waals surface area contributed by atoms with Crippen LogP contribution in [0.15, 0.2) is 16.6 Å². The molecule has 0 unspecified atom stereocenters. The molecule has 15 heavy (non-hydrogen) atoms. The average Bonchev–Trinajstić information content (AvgIpc) is 2.27. The first kappa shape index (κ1) is 11.0. The van der Waals surface area contributed by atoms with E-state index in [0.29, 0.717) is 11.7 Å². The van der Waals surface area contributed by atoms with Crippen LogP contribution in [-0.4, -0.2) is 18.2 Å². The quantitative estimate of drug-likeness (QED) is 0.822. The molecule has 0 aliphatic carbocycles. The molecule has 2 rings (SSSR count). The van der Waals surface area contributed by atoms with Crippen molar-refractivity contribution in [3.05, 3.63) is 27.7 Å². The zero-order valence-electron chi connectivity index (χ0n) is 8.89. The Morgan fingerprint density at radius 2 is 2.00 bits per heavy atom. The van der Waals surface area contributed by atoms with E-state index in [4.69, 9.17) is 0 Å². The molecule has 2 N–H and O–H groups in total. The Balaban J connectivity index is 2.31. The molecule has 0 atom stereocenters. The van der Waals surface area contributed by atoms with Crippen LogP contribution in [0.2, 0.25) is 0 Å². The van der Waals surface area contributed by atoms with E-state index in [-0.39, 0.29) is 0 Å². The summed E-state index contributed by atoms with van der Waals surface area (Å²) >= 11 is 3.43. The Bertz CT molecular complexity index is 359. The van der Waals surface area contributed by atoms with E-state index >= 15 is 0 Å². The lowest BCUT2D eigenvalue weighted by atomic mass is 9.87. The first-order valence-corrected chi connectivity index (χ1v) is 6.18. The third-order valence-electron chi connectivity index (χ3n) is 3.19. The fraction of sp³-hybridized carbons (Fsp3) is 0.500. The number of rotatable bonds is 1. The van der Waals surface area contributed by atoms with Crippen molar-refractivity contribution in [3.8, 4) is 5.75 Å². The molecule has 1 heterocycles.